The van der Waals surface area contributed by atoms with Crippen LogP contribution in [0.2, 0.25) is 0 Å². The fourth-order valence-electron chi connectivity index (χ4n) is 4.40. The van der Waals surface area contributed by atoms with E-state index in [4.69, 9.17) is 4.74 Å². The monoisotopic (exact) mass is 447 g/mol. The molecule has 0 saturated carbocycles. The van der Waals surface area contributed by atoms with Crippen molar-refractivity contribution in [3.63, 3.8) is 0 Å². The normalized spacial score (nSPS) is 20.8. The molecule has 33 heavy (non-hydrogen) atoms. The number of amides is 1. The van der Waals surface area contributed by atoms with E-state index in [0.29, 0.717) is 5.56 Å². The highest BCUT2D eigenvalue weighted by Gasteiger charge is 2.39. The second-order valence-electron chi connectivity index (χ2n) is 8.03. The van der Waals surface area contributed by atoms with Gasteiger partial charge in [-0.1, -0.05) is 48.5 Å². The van der Waals surface area contributed by atoms with Gasteiger partial charge in [0.25, 0.3) is 5.91 Å². The van der Waals surface area contributed by atoms with Crippen molar-refractivity contribution in [3.8, 4) is 11.5 Å². The van der Waals surface area contributed by atoms with E-state index < -0.39 is 28.9 Å². The summed E-state index contributed by atoms with van der Waals surface area (Å²) in [5, 5.41) is 12.4. The maximum absolute atomic E-state index is 15.0. The van der Waals surface area contributed by atoms with Crippen molar-refractivity contribution in [2.24, 2.45) is 0 Å². The summed E-state index contributed by atoms with van der Waals surface area (Å²) in [6, 6.07) is 14.4. The summed E-state index contributed by atoms with van der Waals surface area (Å²) in [5.74, 6) is -1.47. The van der Waals surface area contributed by atoms with Crippen molar-refractivity contribution in [1.29, 1.82) is 0 Å². The SMILES string of the molecule is C[C@H]1/C=C/COc2c(F)cccc2[C@@H](c2ccccc2)N2CN1C(=O)c1c(O)c(=O)ccn12. The molecule has 1 N–H and O–H groups in total. The van der Waals surface area contributed by atoms with Crippen LogP contribution in [-0.4, -0.2) is 39.9 Å². The molecule has 0 radical (unpaired) electrons. The molecular weight excluding hydrogens is 425 g/mol. The minimum atomic E-state index is -0.644. The van der Waals surface area contributed by atoms with E-state index in [0.717, 1.165) is 5.56 Å². The third kappa shape index (κ3) is 3.44. The Hall–Kier alpha value is -4.07. The van der Waals surface area contributed by atoms with Gasteiger partial charge in [0.2, 0.25) is 5.43 Å². The van der Waals surface area contributed by atoms with Crippen LogP contribution in [0, 0.1) is 5.82 Å². The van der Waals surface area contributed by atoms with E-state index in [2.05, 4.69) is 0 Å². The molecule has 1 aromatic heterocycles. The molecule has 7 nitrogen and oxygen atoms in total. The number of aromatic hydroxyl groups is 1. The first-order chi connectivity index (χ1) is 16.0. The smallest absolute Gasteiger partial charge is 0.278 e. The Kier molecular flexibility index (Phi) is 5.12. The number of carbonyl (C=O) groups excluding carboxylic acids is 1. The van der Waals surface area contributed by atoms with E-state index in [1.54, 1.807) is 29.2 Å². The molecule has 1 amide bonds. The van der Waals surface area contributed by atoms with E-state index in [-0.39, 0.29) is 30.8 Å². The molecule has 2 aliphatic rings. The summed E-state index contributed by atoms with van der Waals surface area (Å²) in [4.78, 5) is 27.1. The molecule has 0 saturated heterocycles. The summed E-state index contributed by atoms with van der Waals surface area (Å²) < 4.78 is 22.3. The number of rotatable bonds is 1. The third-order valence-electron chi connectivity index (χ3n) is 6.03. The number of benzene rings is 2. The van der Waals surface area contributed by atoms with Crippen molar-refractivity contribution >= 4 is 5.91 Å². The Labute approximate surface area is 189 Å². The number of carbonyl (C=O) groups is 1. The van der Waals surface area contributed by atoms with Gasteiger partial charge in [0.1, 0.15) is 19.3 Å². The average molecular weight is 447 g/mol. The van der Waals surface area contributed by atoms with Gasteiger partial charge in [0.05, 0.1) is 0 Å². The summed E-state index contributed by atoms with van der Waals surface area (Å²) >= 11 is 0. The van der Waals surface area contributed by atoms with Gasteiger partial charge in [-0.15, -0.1) is 0 Å². The Bertz CT molecular complexity index is 1300. The molecule has 2 aromatic carbocycles. The number of aromatic nitrogens is 1. The van der Waals surface area contributed by atoms with E-state index >= 15 is 0 Å². The fourth-order valence-corrected chi connectivity index (χ4v) is 4.40. The van der Waals surface area contributed by atoms with E-state index in [1.807, 2.05) is 42.3 Å². The molecule has 0 aliphatic carbocycles. The first kappa shape index (κ1) is 20.8. The van der Waals surface area contributed by atoms with Gasteiger partial charge >= 0.3 is 0 Å². The molecular formula is C25H22FN3O4. The predicted molar refractivity (Wildman–Crippen MR) is 120 cm³/mol. The minimum absolute atomic E-state index is 0.112. The number of ether oxygens (including phenoxy) is 1. The molecule has 3 aromatic rings. The molecule has 2 bridgehead atoms. The zero-order valence-electron chi connectivity index (χ0n) is 17.9. The van der Waals surface area contributed by atoms with Gasteiger partial charge in [-0.05, 0) is 24.6 Å². The van der Waals surface area contributed by atoms with Crippen molar-refractivity contribution in [2.45, 2.75) is 19.0 Å². The first-order valence-corrected chi connectivity index (χ1v) is 10.6. The number of hydrogen-bond donors (Lipinski definition) is 1. The molecule has 2 atom stereocenters. The zero-order valence-corrected chi connectivity index (χ0v) is 17.9. The predicted octanol–water partition coefficient (Wildman–Crippen LogP) is 3.17. The van der Waals surface area contributed by atoms with Crippen LogP contribution in [0.25, 0.3) is 0 Å². The topological polar surface area (TPSA) is 75.0 Å². The largest absolute Gasteiger partial charge is 0.502 e. The van der Waals surface area contributed by atoms with Gasteiger partial charge in [-0.25, -0.2) is 4.39 Å². The molecule has 5 rings (SSSR count). The molecule has 0 fully saturated rings. The quantitative estimate of drug-likeness (QED) is 0.580. The number of nitrogens with zero attached hydrogens (tertiary/aromatic N) is 3. The van der Waals surface area contributed by atoms with E-state index in [9.17, 15) is 19.1 Å². The van der Waals surface area contributed by atoms with Crippen molar-refractivity contribution in [3.05, 3.63) is 106 Å². The number of fused-ring (bicyclic) bond motifs is 5. The Balaban J connectivity index is 1.83. The Morgan fingerprint density at radius 1 is 1.06 bits per heavy atom. The highest BCUT2D eigenvalue weighted by molar-refractivity contribution is 5.96. The maximum atomic E-state index is 15.0. The fraction of sp³-hybridized carbons (Fsp3) is 0.200. The van der Waals surface area contributed by atoms with Gasteiger partial charge in [0.15, 0.2) is 23.0 Å². The molecule has 3 heterocycles. The lowest BCUT2D eigenvalue weighted by molar-refractivity contribution is 0.0643. The summed E-state index contributed by atoms with van der Waals surface area (Å²) in [7, 11) is 0. The van der Waals surface area contributed by atoms with Crippen molar-refractivity contribution in [2.75, 3.05) is 18.3 Å². The van der Waals surface area contributed by atoms with Crippen LogP contribution in [-0.2, 0) is 0 Å². The lowest BCUT2D eigenvalue weighted by atomic mass is 9.96. The highest BCUT2D eigenvalue weighted by atomic mass is 19.1. The number of halogens is 1. The maximum Gasteiger partial charge on any atom is 0.278 e. The summed E-state index contributed by atoms with van der Waals surface area (Å²) in [6.07, 6.45) is 4.98. The van der Waals surface area contributed by atoms with Gasteiger partial charge in [-0.3, -0.25) is 19.3 Å². The number of hydrogen-bond acceptors (Lipinski definition) is 5. The molecule has 8 heteroatoms. The lowest BCUT2D eigenvalue weighted by Crippen LogP contribution is -2.57. The number of para-hydroxylation sites is 1. The Morgan fingerprint density at radius 2 is 1.85 bits per heavy atom. The van der Waals surface area contributed by atoms with Crippen LogP contribution >= 0.6 is 0 Å². The molecule has 0 unspecified atom stereocenters. The van der Waals surface area contributed by atoms with Crippen LogP contribution in [0.1, 0.15) is 34.6 Å². The average Bonchev–Trinajstić information content (AvgIpc) is 2.84. The zero-order chi connectivity index (χ0) is 23.1. The van der Waals surface area contributed by atoms with Crippen LogP contribution in [0.4, 0.5) is 4.39 Å². The summed E-state index contributed by atoms with van der Waals surface area (Å²) in [5.41, 5.74) is 0.608. The van der Waals surface area contributed by atoms with Gasteiger partial charge in [-0.2, -0.15) is 0 Å². The van der Waals surface area contributed by atoms with Crippen LogP contribution < -0.4 is 15.2 Å². The summed E-state index contributed by atoms with van der Waals surface area (Å²) in [6.45, 7) is 2.09. The van der Waals surface area contributed by atoms with Gasteiger partial charge in [0, 0.05) is 23.9 Å². The minimum Gasteiger partial charge on any atom is -0.502 e. The lowest BCUT2D eigenvalue weighted by Gasteiger charge is -2.45. The standard InChI is InChI=1S/C25H22FN3O4/c1-16-7-6-14-33-24-18(10-5-11-19(24)26)21(17-8-3-2-4-9-17)29-15-27(16)25(32)22-23(31)20(30)12-13-28(22)29/h2-13,16,21,31H,14-15H2,1H3/b7-6+/t16-,21+/m0/s1. The highest BCUT2D eigenvalue weighted by Crippen LogP contribution is 2.38. The molecule has 2 aliphatic heterocycles. The third-order valence-corrected chi connectivity index (χ3v) is 6.03. The van der Waals surface area contributed by atoms with E-state index in [1.165, 1.54) is 23.0 Å². The van der Waals surface area contributed by atoms with Crippen molar-refractivity contribution in [1.82, 2.24) is 9.58 Å². The van der Waals surface area contributed by atoms with Crippen molar-refractivity contribution < 1.29 is 19.0 Å². The Morgan fingerprint density at radius 3 is 2.64 bits per heavy atom. The first-order valence-electron chi connectivity index (χ1n) is 10.6. The molecule has 168 valence electrons. The number of pyridine rings is 1. The second-order valence-corrected chi connectivity index (χ2v) is 8.03. The van der Waals surface area contributed by atoms with Crippen LogP contribution in [0.3, 0.4) is 0 Å². The van der Waals surface area contributed by atoms with Crippen LogP contribution in [0.15, 0.2) is 77.7 Å². The van der Waals surface area contributed by atoms with Crippen LogP contribution in [0.5, 0.6) is 11.5 Å². The molecule has 0 spiro atoms. The second kappa shape index (κ2) is 8.12. The van der Waals surface area contributed by atoms with Gasteiger partial charge < -0.3 is 14.7 Å².